The molecule has 0 bridgehead atoms. The van der Waals surface area contributed by atoms with Gasteiger partial charge in [-0.1, -0.05) is 36.4 Å². The molecule has 0 heterocycles. The van der Waals surface area contributed by atoms with Gasteiger partial charge in [-0.15, -0.1) is 0 Å². The smallest absolute Gasteiger partial charge is 0.249 e. The van der Waals surface area contributed by atoms with Crippen LogP contribution in [0.25, 0.3) is 6.08 Å². The summed E-state index contributed by atoms with van der Waals surface area (Å²) < 4.78 is 0. The van der Waals surface area contributed by atoms with Crippen molar-refractivity contribution in [3.8, 4) is 0 Å². The van der Waals surface area contributed by atoms with Crippen LogP contribution in [0.15, 0.2) is 35.3 Å². The molecule has 0 radical (unpaired) electrons. The standard InChI is InChI=1S/C12H13N3O/c13-12(14)15-11(16)7-9-6-5-8-3-1-2-4-10(8)9/h1-6,9H,7H2,(H4,13,14,15,16). The van der Waals surface area contributed by atoms with Crippen molar-refractivity contribution >= 4 is 17.9 Å². The van der Waals surface area contributed by atoms with E-state index in [1.807, 2.05) is 36.4 Å². The summed E-state index contributed by atoms with van der Waals surface area (Å²) in [6, 6.07) is 7.98. The van der Waals surface area contributed by atoms with E-state index in [-0.39, 0.29) is 17.8 Å². The lowest BCUT2D eigenvalue weighted by Gasteiger charge is -2.07. The molecule has 0 aromatic heterocycles. The molecule has 0 aliphatic heterocycles. The molecule has 0 fully saturated rings. The molecule has 1 amide bonds. The van der Waals surface area contributed by atoms with Crippen molar-refractivity contribution in [2.24, 2.45) is 16.5 Å². The maximum atomic E-state index is 11.4. The summed E-state index contributed by atoms with van der Waals surface area (Å²) in [4.78, 5) is 15.0. The second kappa shape index (κ2) is 4.18. The van der Waals surface area contributed by atoms with Gasteiger partial charge in [0.1, 0.15) is 0 Å². The Bertz CT molecular complexity index is 473. The maximum Gasteiger partial charge on any atom is 0.249 e. The minimum Gasteiger partial charge on any atom is -0.370 e. The zero-order valence-electron chi connectivity index (χ0n) is 8.76. The molecule has 0 spiro atoms. The second-order valence-electron chi connectivity index (χ2n) is 3.73. The fourth-order valence-electron chi connectivity index (χ4n) is 1.88. The van der Waals surface area contributed by atoms with Gasteiger partial charge in [-0.3, -0.25) is 4.79 Å². The first-order valence-corrected chi connectivity index (χ1v) is 5.06. The van der Waals surface area contributed by atoms with E-state index in [0.29, 0.717) is 6.42 Å². The molecule has 1 aromatic carbocycles. The fourth-order valence-corrected chi connectivity index (χ4v) is 1.88. The number of carbonyl (C=O) groups excluding carboxylic acids is 1. The van der Waals surface area contributed by atoms with Gasteiger partial charge in [0.05, 0.1) is 0 Å². The molecular weight excluding hydrogens is 202 g/mol. The number of aliphatic imine (C=N–C) groups is 1. The summed E-state index contributed by atoms with van der Waals surface area (Å²) in [7, 11) is 0. The van der Waals surface area contributed by atoms with E-state index in [1.165, 1.54) is 0 Å². The van der Waals surface area contributed by atoms with Gasteiger partial charge in [0.15, 0.2) is 5.96 Å². The average molecular weight is 215 g/mol. The summed E-state index contributed by atoms with van der Waals surface area (Å²) >= 11 is 0. The lowest BCUT2D eigenvalue weighted by molar-refractivity contribution is -0.117. The number of nitrogens with zero attached hydrogens (tertiary/aromatic N) is 1. The lowest BCUT2D eigenvalue weighted by Crippen LogP contribution is -2.24. The molecule has 16 heavy (non-hydrogen) atoms. The first-order chi connectivity index (χ1) is 7.66. The summed E-state index contributed by atoms with van der Waals surface area (Å²) in [6.07, 6.45) is 4.33. The summed E-state index contributed by atoms with van der Waals surface area (Å²) in [6.45, 7) is 0. The number of hydrogen-bond acceptors (Lipinski definition) is 1. The first kappa shape index (κ1) is 10.4. The Morgan fingerprint density at radius 3 is 2.81 bits per heavy atom. The van der Waals surface area contributed by atoms with Gasteiger partial charge in [-0.05, 0) is 11.1 Å². The molecule has 0 saturated heterocycles. The summed E-state index contributed by atoms with van der Waals surface area (Å²) in [5.74, 6) is -0.376. The lowest BCUT2D eigenvalue weighted by atomic mass is 9.97. The topological polar surface area (TPSA) is 81.5 Å². The van der Waals surface area contributed by atoms with E-state index >= 15 is 0 Å². The molecule has 82 valence electrons. The van der Waals surface area contributed by atoms with Gasteiger partial charge in [-0.25, -0.2) is 0 Å². The Labute approximate surface area is 93.7 Å². The van der Waals surface area contributed by atoms with E-state index in [0.717, 1.165) is 11.1 Å². The predicted molar refractivity (Wildman–Crippen MR) is 63.7 cm³/mol. The van der Waals surface area contributed by atoms with Gasteiger partial charge < -0.3 is 11.5 Å². The van der Waals surface area contributed by atoms with Gasteiger partial charge in [0.25, 0.3) is 0 Å². The van der Waals surface area contributed by atoms with Crippen LogP contribution in [0.1, 0.15) is 23.5 Å². The zero-order chi connectivity index (χ0) is 11.5. The average Bonchev–Trinajstić information content (AvgIpc) is 2.61. The number of guanidine groups is 1. The van der Waals surface area contributed by atoms with Crippen LogP contribution in [-0.2, 0) is 4.79 Å². The highest BCUT2D eigenvalue weighted by atomic mass is 16.1. The number of allylic oxidation sites excluding steroid dienone is 1. The molecule has 4 heteroatoms. The number of amides is 1. The van der Waals surface area contributed by atoms with Crippen LogP contribution in [0.5, 0.6) is 0 Å². The van der Waals surface area contributed by atoms with Gasteiger partial charge in [0, 0.05) is 12.3 Å². The monoisotopic (exact) mass is 215 g/mol. The van der Waals surface area contributed by atoms with E-state index in [2.05, 4.69) is 4.99 Å². The Morgan fingerprint density at radius 2 is 2.06 bits per heavy atom. The summed E-state index contributed by atoms with van der Waals surface area (Å²) in [5, 5.41) is 0. The van der Waals surface area contributed by atoms with Crippen LogP contribution in [0.2, 0.25) is 0 Å². The van der Waals surface area contributed by atoms with Crippen LogP contribution in [-0.4, -0.2) is 11.9 Å². The van der Waals surface area contributed by atoms with Crippen molar-refractivity contribution in [2.45, 2.75) is 12.3 Å². The highest BCUT2D eigenvalue weighted by Gasteiger charge is 2.19. The molecule has 1 aliphatic rings. The van der Waals surface area contributed by atoms with Gasteiger partial charge >= 0.3 is 0 Å². The Balaban J connectivity index is 2.12. The molecule has 1 atom stereocenters. The van der Waals surface area contributed by atoms with Crippen molar-refractivity contribution in [2.75, 3.05) is 0 Å². The maximum absolute atomic E-state index is 11.4. The Morgan fingerprint density at radius 1 is 1.31 bits per heavy atom. The highest BCUT2D eigenvalue weighted by molar-refractivity contribution is 5.92. The summed E-state index contributed by atoms with van der Waals surface area (Å²) in [5.41, 5.74) is 12.6. The number of nitrogens with two attached hydrogens (primary N) is 2. The first-order valence-electron chi connectivity index (χ1n) is 5.06. The van der Waals surface area contributed by atoms with Gasteiger partial charge in [-0.2, -0.15) is 4.99 Å². The number of rotatable bonds is 2. The highest BCUT2D eigenvalue weighted by Crippen LogP contribution is 2.32. The van der Waals surface area contributed by atoms with E-state index in [9.17, 15) is 4.79 Å². The van der Waals surface area contributed by atoms with Crippen molar-refractivity contribution in [1.29, 1.82) is 0 Å². The van der Waals surface area contributed by atoms with Crippen molar-refractivity contribution in [3.63, 3.8) is 0 Å². The SMILES string of the molecule is NC(N)=NC(=O)CC1C=Cc2ccccc21. The minimum atomic E-state index is -0.286. The minimum absolute atomic E-state index is 0.0896. The fraction of sp³-hybridized carbons (Fsp3) is 0.167. The molecular formula is C12H13N3O. The zero-order valence-corrected chi connectivity index (χ0v) is 8.76. The second-order valence-corrected chi connectivity index (χ2v) is 3.73. The van der Waals surface area contributed by atoms with Crippen LogP contribution < -0.4 is 11.5 Å². The molecule has 2 rings (SSSR count). The number of benzene rings is 1. The van der Waals surface area contributed by atoms with E-state index in [4.69, 9.17) is 11.5 Å². The molecule has 0 saturated carbocycles. The van der Waals surface area contributed by atoms with Crippen molar-refractivity contribution in [3.05, 3.63) is 41.5 Å². The van der Waals surface area contributed by atoms with E-state index < -0.39 is 0 Å². The van der Waals surface area contributed by atoms with E-state index in [1.54, 1.807) is 0 Å². The van der Waals surface area contributed by atoms with Gasteiger partial charge in [0.2, 0.25) is 5.91 Å². The van der Waals surface area contributed by atoms with Crippen LogP contribution in [0, 0.1) is 0 Å². The van der Waals surface area contributed by atoms with Crippen LogP contribution in [0.4, 0.5) is 0 Å². The molecule has 1 unspecified atom stereocenters. The van der Waals surface area contributed by atoms with Crippen molar-refractivity contribution in [1.82, 2.24) is 0 Å². The number of hydrogen-bond donors (Lipinski definition) is 2. The third-order valence-corrected chi connectivity index (χ3v) is 2.55. The Hall–Kier alpha value is -2.10. The quantitative estimate of drug-likeness (QED) is 0.570. The normalized spacial score (nSPS) is 16.9. The molecule has 1 aromatic rings. The van der Waals surface area contributed by atoms with Crippen molar-refractivity contribution < 1.29 is 4.79 Å². The van der Waals surface area contributed by atoms with Crippen LogP contribution in [0.3, 0.4) is 0 Å². The number of fused-ring (bicyclic) bond motifs is 1. The van der Waals surface area contributed by atoms with Crippen LogP contribution >= 0.6 is 0 Å². The largest absolute Gasteiger partial charge is 0.370 e. The molecule has 1 aliphatic carbocycles. The molecule has 4 nitrogen and oxygen atoms in total. The third-order valence-electron chi connectivity index (χ3n) is 2.55. The predicted octanol–water partition coefficient (Wildman–Crippen LogP) is 0.987. The molecule has 4 N–H and O–H groups in total. The third kappa shape index (κ3) is 2.11. The Kier molecular flexibility index (Phi) is 2.72. The number of carbonyl (C=O) groups is 1.